The van der Waals surface area contributed by atoms with Gasteiger partial charge >= 0.3 is 6.18 Å². The number of carbonyl (C=O) groups is 1. The number of nitrogens with one attached hydrogen (secondary N) is 1. The van der Waals surface area contributed by atoms with Gasteiger partial charge in [-0.05, 0) is 37.1 Å². The van der Waals surface area contributed by atoms with E-state index in [0.717, 1.165) is 11.6 Å². The van der Waals surface area contributed by atoms with Gasteiger partial charge in [-0.15, -0.1) is 0 Å². The normalized spacial score (nSPS) is 13.0. The molecule has 0 bridgehead atoms. The van der Waals surface area contributed by atoms with Crippen LogP contribution in [0.4, 0.5) is 13.2 Å². The molecule has 0 spiro atoms. The van der Waals surface area contributed by atoms with Crippen LogP contribution in [0, 0.1) is 0 Å². The fraction of sp³-hybridized carbons (Fsp3) is 0.267. The fourth-order valence-electron chi connectivity index (χ4n) is 2.04. The molecule has 1 atom stereocenters. The maximum Gasteiger partial charge on any atom is 0.417 e. The first-order valence-electron chi connectivity index (χ1n) is 6.36. The Labute approximate surface area is 119 Å². The molecule has 6 heteroatoms. The molecule has 0 aliphatic carbocycles. The van der Waals surface area contributed by atoms with Gasteiger partial charge in [-0.25, -0.2) is 0 Å². The average molecular weight is 297 g/mol. The van der Waals surface area contributed by atoms with Crippen molar-refractivity contribution in [2.45, 2.75) is 25.6 Å². The van der Waals surface area contributed by atoms with Gasteiger partial charge in [-0.1, -0.05) is 12.1 Å². The lowest BCUT2D eigenvalue weighted by Crippen LogP contribution is -2.35. The van der Waals surface area contributed by atoms with Gasteiger partial charge in [0.25, 0.3) is 5.91 Å². The van der Waals surface area contributed by atoms with E-state index in [9.17, 15) is 18.0 Å². The van der Waals surface area contributed by atoms with Crippen LogP contribution in [0.3, 0.4) is 0 Å². The van der Waals surface area contributed by atoms with Gasteiger partial charge in [0.2, 0.25) is 0 Å². The van der Waals surface area contributed by atoms with Crippen molar-refractivity contribution >= 4 is 5.91 Å². The minimum atomic E-state index is -4.55. The predicted octanol–water partition coefficient (Wildman–Crippen LogP) is 3.66. The second-order valence-electron chi connectivity index (χ2n) is 4.75. The Morgan fingerprint density at radius 2 is 2.00 bits per heavy atom. The highest BCUT2D eigenvalue weighted by Gasteiger charge is 2.34. The summed E-state index contributed by atoms with van der Waals surface area (Å²) in [6.07, 6.45) is -1.03. The number of halogens is 3. The van der Waals surface area contributed by atoms with Crippen LogP contribution in [0.15, 0.2) is 47.3 Å². The van der Waals surface area contributed by atoms with E-state index in [1.54, 1.807) is 13.0 Å². The lowest BCUT2D eigenvalue weighted by molar-refractivity contribution is -0.137. The third-order valence-electron chi connectivity index (χ3n) is 2.98. The molecule has 1 aromatic carbocycles. The minimum Gasteiger partial charge on any atom is -0.472 e. The van der Waals surface area contributed by atoms with Crippen LogP contribution in [0.5, 0.6) is 0 Å². The minimum absolute atomic E-state index is 0.309. The number of benzene rings is 1. The van der Waals surface area contributed by atoms with Gasteiger partial charge in [-0.2, -0.15) is 13.2 Å². The highest BCUT2D eigenvalue weighted by molar-refractivity contribution is 5.96. The Bertz CT molecular complexity index is 606. The van der Waals surface area contributed by atoms with Gasteiger partial charge in [0.15, 0.2) is 0 Å². The Morgan fingerprint density at radius 1 is 1.29 bits per heavy atom. The number of rotatable bonds is 4. The molecule has 0 saturated carbocycles. The predicted molar refractivity (Wildman–Crippen MR) is 70.8 cm³/mol. The molecule has 1 heterocycles. The SMILES string of the molecule is CC(Cc1ccoc1)NC(=O)c1ccccc1C(F)(F)F. The maximum absolute atomic E-state index is 12.9. The second-order valence-corrected chi connectivity index (χ2v) is 4.75. The number of furan rings is 1. The summed E-state index contributed by atoms with van der Waals surface area (Å²) in [5.74, 6) is -0.737. The van der Waals surface area contributed by atoms with Crippen LogP contribution < -0.4 is 5.32 Å². The standard InChI is InChI=1S/C15H14F3NO2/c1-10(8-11-6-7-21-9-11)19-14(20)12-4-2-3-5-13(12)15(16,17)18/h2-7,9-10H,8H2,1H3,(H,19,20). The van der Waals surface area contributed by atoms with Crippen LogP contribution in [-0.2, 0) is 12.6 Å². The first-order valence-corrected chi connectivity index (χ1v) is 6.36. The quantitative estimate of drug-likeness (QED) is 0.935. The molecule has 1 amide bonds. The van der Waals surface area contributed by atoms with E-state index >= 15 is 0 Å². The van der Waals surface area contributed by atoms with Gasteiger partial charge in [-0.3, -0.25) is 4.79 Å². The first kappa shape index (κ1) is 15.2. The first-order chi connectivity index (χ1) is 9.88. The summed E-state index contributed by atoms with van der Waals surface area (Å²) in [5.41, 5.74) is -0.436. The Kier molecular flexibility index (Phi) is 4.35. The molecule has 1 aromatic heterocycles. The van der Waals surface area contributed by atoms with Crippen molar-refractivity contribution < 1.29 is 22.4 Å². The summed E-state index contributed by atoms with van der Waals surface area (Å²) < 4.78 is 43.5. The molecule has 0 aliphatic heterocycles. The Morgan fingerprint density at radius 3 is 2.62 bits per heavy atom. The zero-order valence-electron chi connectivity index (χ0n) is 11.3. The molecule has 1 N–H and O–H groups in total. The molecule has 3 nitrogen and oxygen atoms in total. The Balaban J connectivity index is 2.10. The second kappa shape index (κ2) is 6.03. The van der Waals surface area contributed by atoms with Crippen molar-refractivity contribution in [3.63, 3.8) is 0 Å². The zero-order chi connectivity index (χ0) is 15.5. The van der Waals surface area contributed by atoms with E-state index < -0.39 is 17.6 Å². The molecule has 2 rings (SSSR count). The van der Waals surface area contributed by atoms with E-state index in [1.165, 1.54) is 30.7 Å². The molecule has 0 saturated heterocycles. The number of alkyl halides is 3. The van der Waals surface area contributed by atoms with Gasteiger partial charge in [0.05, 0.1) is 23.7 Å². The molecule has 1 unspecified atom stereocenters. The Hall–Kier alpha value is -2.24. The third-order valence-corrected chi connectivity index (χ3v) is 2.98. The number of amides is 1. The van der Waals surface area contributed by atoms with Crippen molar-refractivity contribution in [2.24, 2.45) is 0 Å². The highest BCUT2D eigenvalue weighted by atomic mass is 19.4. The van der Waals surface area contributed by atoms with Gasteiger partial charge < -0.3 is 9.73 Å². The lowest BCUT2D eigenvalue weighted by Gasteiger charge is -2.16. The molecular formula is C15H14F3NO2. The summed E-state index contributed by atoms with van der Waals surface area (Å²) in [5, 5.41) is 2.57. The number of carbonyl (C=O) groups excluding carboxylic acids is 1. The number of hydrogen-bond acceptors (Lipinski definition) is 2. The van der Waals surface area contributed by atoms with E-state index in [4.69, 9.17) is 4.42 Å². The summed E-state index contributed by atoms with van der Waals surface area (Å²) in [4.78, 5) is 12.0. The molecule has 112 valence electrons. The zero-order valence-corrected chi connectivity index (χ0v) is 11.3. The molecule has 0 aliphatic rings. The summed E-state index contributed by atoms with van der Waals surface area (Å²) in [7, 11) is 0. The largest absolute Gasteiger partial charge is 0.472 e. The van der Waals surface area contributed by atoms with Crippen LogP contribution in [-0.4, -0.2) is 11.9 Å². The lowest BCUT2D eigenvalue weighted by atomic mass is 10.1. The topological polar surface area (TPSA) is 42.2 Å². The molecule has 21 heavy (non-hydrogen) atoms. The van der Waals surface area contributed by atoms with Crippen LogP contribution in [0.1, 0.15) is 28.4 Å². The smallest absolute Gasteiger partial charge is 0.417 e. The van der Waals surface area contributed by atoms with E-state index in [0.29, 0.717) is 6.42 Å². The van der Waals surface area contributed by atoms with Crippen LogP contribution in [0.2, 0.25) is 0 Å². The van der Waals surface area contributed by atoms with E-state index in [2.05, 4.69) is 5.32 Å². The van der Waals surface area contributed by atoms with Crippen LogP contribution in [0.25, 0.3) is 0 Å². The monoisotopic (exact) mass is 297 g/mol. The van der Waals surface area contributed by atoms with E-state index in [-0.39, 0.29) is 11.6 Å². The van der Waals surface area contributed by atoms with Gasteiger partial charge in [0, 0.05) is 6.04 Å². The van der Waals surface area contributed by atoms with Gasteiger partial charge in [0.1, 0.15) is 0 Å². The number of hydrogen-bond donors (Lipinski definition) is 1. The van der Waals surface area contributed by atoms with Crippen molar-refractivity contribution in [2.75, 3.05) is 0 Å². The van der Waals surface area contributed by atoms with Crippen molar-refractivity contribution in [1.82, 2.24) is 5.32 Å². The van der Waals surface area contributed by atoms with Crippen molar-refractivity contribution in [3.8, 4) is 0 Å². The average Bonchev–Trinajstić information content (AvgIpc) is 2.90. The highest BCUT2D eigenvalue weighted by Crippen LogP contribution is 2.31. The fourth-order valence-corrected chi connectivity index (χ4v) is 2.04. The molecule has 2 aromatic rings. The maximum atomic E-state index is 12.9. The van der Waals surface area contributed by atoms with Crippen molar-refractivity contribution in [1.29, 1.82) is 0 Å². The van der Waals surface area contributed by atoms with E-state index in [1.807, 2.05) is 0 Å². The molecule has 0 fully saturated rings. The van der Waals surface area contributed by atoms with Crippen LogP contribution >= 0.6 is 0 Å². The summed E-state index contributed by atoms with van der Waals surface area (Å²) in [6, 6.07) is 6.17. The summed E-state index contributed by atoms with van der Waals surface area (Å²) >= 11 is 0. The summed E-state index contributed by atoms with van der Waals surface area (Å²) in [6.45, 7) is 1.72. The molecular weight excluding hydrogens is 283 g/mol. The third kappa shape index (κ3) is 3.87. The molecule has 0 radical (unpaired) electrons. The van der Waals surface area contributed by atoms with Crippen molar-refractivity contribution in [3.05, 3.63) is 59.5 Å².